The van der Waals surface area contributed by atoms with Crippen molar-refractivity contribution in [2.45, 2.75) is 19.3 Å². The van der Waals surface area contributed by atoms with Crippen molar-refractivity contribution in [3.63, 3.8) is 0 Å². The number of fused-ring (bicyclic) bond motifs is 1. The molecule has 5 rings (SSSR count). The minimum Gasteiger partial charge on any atom is -0.322 e. The average Bonchev–Trinajstić information content (AvgIpc) is 3.25. The first-order valence-corrected chi connectivity index (χ1v) is 11.0. The molecule has 1 aliphatic heterocycles. The van der Waals surface area contributed by atoms with Crippen LogP contribution in [-0.2, 0) is 0 Å². The van der Waals surface area contributed by atoms with Crippen molar-refractivity contribution in [2.24, 2.45) is 0 Å². The highest BCUT2D eigenvalue weighted by molar-refractivity contribution is 7.19. The molecule has 4 aromatic rings. The third-order valence-electron chi connectivity index (χ3n) is 5.16. The van der Waals surface area contributed by atoms with E-state index in [4.69, 9.17) is 0 Å². The molecule has 0 spiro atoms. The Kier molecular flexibility index (Phi) is 5.31. The van der Waals surface area contributed by atoms with Crippen LogP contribution in [0.3, 0.4) is 0 Å². The van der Waals surface area contributed by atoms with E-state index in [1.165, 1.54) is 40.7 Å². The maximum atomic E-state index is 13.0. The molecule has 1 amide bonds. The van der Waals surface area contributed by atoms with Gasteiger partial charge in [-0.15, -0.1) is 0 Å². The number of hydrogen-bond acceptors (Lipinski definition) is 7. The van der Waals surface area contributed by atoms with Crippen LogP contribution in [0.15, 0.2) is 53.6 Å². The van der Waals surface area contributed by atoms with Gasteiger partial charge < -0.3 is 5.32 Å². The lowest BCUT2D eigenvalue weighted by Crippen LogP contribution is -2.63. The summed E-state index contributed by atoms with van der Waals surface area (Å²) < 4.78 is 14.3. The van der Waals surface area contributed by atoms with Gasteiger partial charge in [0, 0.05) is 22.2 Å². The van der Waals surface area contributed by atoms with Gasteiger partial charge in [-0.3, -0.25) is 9.59 Å². The number of anilines is 1. The summed E-state index contributed by atoms with van der Waals surface area (Å²) in [5, 5.41) is 14.4. The first kappa shape index (κ1) is 20.2. The summed E-state index contributed by atoms with van der Waals surface area (Å²) >= 11 is 1.30. The predicted octanol–water partition coefficient (Wildman–Crippen LogP) is 2.01. The second-order valence-corrected chi connectivity index (χ2v) is 8.36. The summed E-state index contributed by atoms with van der Waals surface area (Å²) in [5.41, 5.74) is 1.27. The maximum absolute atomic E-state index is 13.0. The second kappa shape index (κ2) is 8.42. The average molecular weight is 452 g/mol. The van der Waals surface area contributed by atoms with E-state index in [-0.39, 0.29) is 11.1 Å². The molecule has 1 aromatic carbocycles. The Morgan fingerprint density at radius 2 is 2.00 bits per heavy atom. The van der Waals surface area contributed by atoms with Crippen LogP contribution in [0.2, 0.25) is 0 Å². The minimum atomic E-state index is -0.648. The van der Waals surface area contributed by atoms with E-state index in [1.807, 2.05) is 6.07 Å². The molecule has 3 aromatic heterocycles. The van der Waals surface area contributed by atoms with Crippen LogP contribution in [0.4, 0.5) is 10.1 Å². The van der Waals surface area contributed by atoms with Gasteiger partial charge >= 0.3 is 5.56 Å². The number of aromatic nitrogens is 5. The van der Waals surface area contributed by atoms with Crippen LogP contribution in [0, 0.1) is 5.95 Å². The smallest absolute Gasteiger partial charge is 0.322 e. The summed E-state index contributed by atoms with van der Waals surface area (Å²) in [4.78, 5) is 30.6. The van der Waals surface area contributed by atoms with Gasteiger partial charge in [0.1, 0.15) is 5.01 Å². The van der Waals surface area contributed by atoms with Gasteiger partial charge in [-0.1, -0.05) is 23.5 Å². The highest BCUT2D eigenvalue weighted by atomic mass is 32.1. The van der Waals surface area contributed by atoms with Crippen LogP contribution >= 0.6 is 11.3 Å². The maximum Gasteiger partial charge on any atom is 0.343 e. The normalized spacial score (nSPS) is 14.0. The lowest BCUT2D eigenvalue weighted by atomic mass is 10.2. The first-order valence-electron chi connectivity index (χ1n) is 10.2. The van der Waals surface area contributed by atoms with Crippen LogP contribution in [0.1, 0.15) is 29.6 Å². The fourth-order valence-electron chi connectivity index (χ4n) is 3.55. The zero-order valence-electron chi connectivity index (χ0n) is 16.9. The molecular weight excluding hydrogens is 433 g/mol. The quantitative estimate of drug-likeness (QED) is 0.376. The van der Waals surface area contributed by atoms with Crippen LogP contribution in [0.25, 0.3) is 15.5 Å². The van der Waals surface area contributed by atoms with Crippen molar-refractivity contribution in [2.75, 3.05) is 23.4 Å². The molecule has 32 heavy (non-hydrogen) atoms. The number of benzene rings is 1. The Balaban J connectivity index is 1.42. The number of nitrogens with one attached hydrogen (secondary N) is 1. The van der Waals surface area contributed by atoms with Crippen molar-refractivity contribution in [3.8, 4) is 10.6 Å². The number of piperidine rings is 1. The fraction of sp³-hybridized carbons (Fsp3) is 0.238. The summed E-state index contributed by atoms with van der Waals surface area (Å²) in [6.07, 6.45) is 5.98. The molecule has 4 heterocycles. The van der Waals surface area contributed by atoms with E-state index in [0.717, 1.165) is 37.6 Å². The summed E-state index contributed by atoms with van der Waals surface area (Å²) in [6.45, 7) is 1.73. The summed E-state index contributed by atoms with van der Waals surface area (Å²) in [7, 11) is 0. The second-order valence-electron chi connectivity index (χ2n) is 7.41. The Hall–Kier alpha value is -3.73. The van der Waals surface area contributed by atoms with E-state index < -0.39 is 11.9 Å². The zero-order chi connectivity index (χ0) is 22.1. The molecule has 0 saturated carbocycles. The van der Waals surface area contributed by atoms with Crippen LogP contribution in [0.5, 0.6) is 0 Å². The molecule has 9 nitrogen and oxygen atoms in total. The van der Waals surface area contributed by atoms with Crippen molar-refractivity contribution in [1.82, 2.24) is 19.7 Å². The largest absolute Gasteiger partial charge is 0.343 e. The standard InChI is InChI=1S/C21H18FN7O2S/c22-17-8-7-15(12-23-17)19(31)24-16-6-4-5-14(11-16)20-25-29-18(30)13-28(26-21(29)32-20)27-9-2-1-3-10-27/h4-8,11-13H,1-3,9-10H2/p+1. The van der Waals surface area contributed by atoms with Crippen LogP contribution < -0.4 is 20.7 Å². The number of nitrogens with zero attached hydrogens (tertiary/aromatic N) is 6. The SMILES string of the molecule is O=C(Nc1cccc(-c2nn3c(=O)c[n+](N4CCCCC4)nc3s2)c1)c1ccc(F)nc1. The third-order valence-corrected chi connectivity index (χ3v) is 6.11. The van der Waals surface area contributed by atoms with Crippen LogP contribution in [-0.4, -0.2) is 38.7 Å². The van der Waals surface area contributed by atoms with Crippen molar-refractivity contribution in [1.29, 1.82) is 0 Å². The molecule has 1 saturated heterocycles. The minimum absolute atomic E-state index is 0.245. The Bertz CT molecular complexity index is 1350. The van der Waals surface area contributed by atoms with Crippen molar-refractivity contribution < 1.29 is 14.0 Å². The van der Waals surface area contributed by atoms with Gasteiger partial charge in [0.25, 0.3) is 17.1 Å². The number of carbonyl (C=O) groups excluding carboxylic acids is 1. The van der Waals surface area contributed by atoms with Gasteiger partial charge in [0.2, 0.25) is 5.95 Å². The van der Waals surface area contributed by atoms with E-state index in [9.17, 15) is 14.0 Å². The molecule has 0 aliphatic carbocycles. The van der Waals surface area contributed by atoms with Gasteiger partial charge in [-0.05, 0) is 43.5 Å². The van der Waals surface area contributed by atoms with Gasteiger partial charge in [0.05, 0.1) is 23.8 Å². The Morgan fingerprint density at radius 3 is 2.78 bits per heavy atom. The number of rotatable bonds is 4. The molecule has 11 heteroatoms. The van der Waals surface area contributed by atoms with E-state index >= 15 is 0 Å². The monoisotopic (exact) mass is 452 g/mol. The number of pyridine rings is 1. The van der Waals surface area contributed by atoms with Crippen molar-refractivity contribution >= 4 is 27.9 Å². The topological polar surface area (TPSA) is 96.4 Å². The third kappa shape index (κ3) is 4.06. The number of amides is 1. The van der Waals surface area contributed by atoms with E-state index in [0.29, 0.717) is 15.7 Å². The number of halogens is 1. The van der Waals surface area contributed by atoms with Crippen molar-refractivity contribution in [3.05, 3.63) is 70.7 Å². The zero-order valence-corrected chi connectivity index (χ0v) is 17.8. The molecule has 1 aliphatic rings. The molecular formula is C21H19FN7O2S+. The first-order chi connectivity index (χ1) is 15.6. The Morgan fingerprint density at radius 1 is 1.16 bits per heavy atom. The highest BCUT2D eigenvalue weighted by Gasteiger charge is 2.22. The molecule has 0 atom stereocenters. The lowest BCUT2D eigenvalue weighted by molar-refractivity contribution is -0.750. The number of hydrogen-bond donors (Lipinski definition) is 1. The molecule has 162 valence electrons. The summed E-state index contributed by atoms with van der Waals surface area (Å²) in [5.74, 6) is -1.05. The molecule has 1 fully saturated rings. The van der Waals surface area contributed by atoms with E-state index in [1.54, 1.807) is 23.0 Å². The Labute approximate surface area is 185 Å². The molecule has 0 unspecified atom stereocenters. The molecule has 1 N–H and O–H groups in total. The van der Waals surface area contributed by atoms with Gasteiger partial charge in [-0.2, -0.15) is 19.0 Å². The van der Waals surface area contributed by atoms with Gasteiger partial charge in [-0.25, -0.2) is 4.98 Å². The lowest BCUT2D eigenvalue weighted by Gasteiger charge is -2.19. The van der Waals surface area contributed by atoms with Gasteiger partial charge in [0.15, 0.2) is 0 Å². The number of carbonyl (C=O) groups is 1. The fourth-order valence-corrected chi connectivity index (χ4v) is 4.43. The predicted molar refractivity (Wildman–Crippen MR) is 117 cm³/mol. The van der Waals surface area contributed by atoms with E-state index in [2.05, 4.69) is 25.5 Å². The molecule has 0 bridgehead atoms. The molecule has 0 radical (unpaired) electrons. The summed E-state index contributed by atoms with van der Waals surface area (Å²) in [6, 6.07) is 9.62. The highest BCUT2D eigenvalue weighted by Crippen LogP contribution is 2.26.